The van der Waals surface area contributed by atoms with Gasteiger partial charge in [-0.2, -0.15) is 0 Å². The second-order valence-corrected chi connectivity index (χ2v) is 8.31. The molecule has 0 bridgehead atoms. The first kappa shape index (κ1) is 17.8. The van der Waals surface area contributed by atoms with Crippen LogP contribution in [0.3, 0.4) is 0 Å². The molecule has 1 saturated carbocycles. The maximum Gasteiger partial charge on any atom is 0.121 e. The van der Waals surface area contributed by atoms with Crippen molar-refractivity contribution in [1.82, 2.24) is 19.9 Å². The van der Waals surface area contributed by atoms with E-state index in [1.165, 1.54) is 30.5 Å². The van der Waals surface area contributed by atoms with Gasteiger partial charge in [0.15, 0.2) is 0 Å². The van der Waals surface area contributed by atoms with Crippen molar-refractivity contribution in [3.63, 3.8) is 0 Å². The van der Waals surface area contributed by atoms with E-state index in [0.717, 1.165) is 55.1 Å². The van der Waals surface area contributed by atoms with Gasteiger partial charge in [-0.25, -0.2) is 4.98 Å². The van der Waals surface area contributed by atoms with Crippen LogP contribution in [0.4, 0.5) is 0 Å². The predicted molar refractivity (Wildman–Crippen MR) is 112 cm³/mol. The lowest BCUT2D eigenvalue weighted by molar-refractivity contribution is 0.0858. The third-order valence-electron chi connectivity index (χ3n) is 6.39. The molecule has 28 heavy (non-hydrogen) atoms. The van der Waals surface area contributed by atoms with Gasteiger partial charge in [0, 0.05) is 12.2 Å². The first-order chi connectivity index (χ1) is 13.8. The van der Waals surface area contributed by atoms with E-state index in [4.69, 9.17) is 15.7 Å². The molecule has 0 amide bonds. The molecule has 0 saturated heterocycles. The number of nitrogens with zero attached hydrogens (tertiary/aromatic N) is 3. The number of nitrogens with two attached hydrogens (primary N) is 1. The standard InChI is InChI=1S/C23H29N5/c24-13-12-20(16-10-11-16)28(15-22-26-18-7-1-2-8-19(18)27-22)21-9-3-5-17-6-4-14-25-23(17)21/h1-2,4,6-8,14,16,20-21H,3,5,9-13,15,24H2,(H,26,27). The summed E-state index contributed by atoms with van der Waals surface area (Å²) in [5, 5.41) is 0. The van der Waals surface area contributed by atoms with Crippen molar-refractivity contribution >= 4 is 11.0 Å². The zero-order valence-electron chi connectivity index (χ0n) is 16.3. The maximum absolute atomic E-state index is 6.05. The Bertz CT molecular complexity index is 912. The molecule has 2 unspecified atom stereocenters. The molecule has 2 aliphatic rings. The number of aromatic amines is 1. The van der Waals surface area contributed by atoms with Crippen LogP contribution >= 0.6 is 0 Å². The van der Waals surface area contributed by atoms with E-state index in [-0.39, 0.29) is 0 Å². The summed E-state index contributed by atoms with van der Waals surface area (Å²) in [5.41, 5.74) is 10.9. The summed E-state index contributed by atoms with van der Waals surface area (Å²) in [5.74, 6) is 1.81. The van der Waals surface area contributed by atoms with Crippen molar-refractivity contribution in [2.24, 2.45) is 11.7 Å². The van der Waals surface area contributed by atoms with Gasteiger partial charge in [0.05, 0.1) is 29.3 Å². The molecular weight excluding hydrogens is 346 g/mol. The number of aryl methyl sites for hydroxylation is 1. The van der Waals surface area contributed by atoms with Gasteiger partial charge in [-0.1, -0.05) is 18.2 Å². The number of hydrogen-bond acceptors (Lipinski definition) is 4. The quantitative estimate of drug-likeness (QED) is 0.656. The number of rotatable bonds is 7. The van der Waals surface area contributed by atoms with Gasteiger partial charge in [0.1, 0.15) is 5.82 Å². The fourth-order valence-electron chi connectivity index (χ4n) is 4.94. The average Bonchev–Trinajstić information content (AvgIpc) is 3.49. The number of nitrogens with one attached hydrogen (secondary N) is 1. The third-order valence-corrected chi connectivity index (χ3v) is 6.39. The monoisotopic (exact) mass is 375 g/mol. The fourth-order valence-corrected chi connectivity index (χ4v) is 4.94. The van der Waals surface area contributed by atoms with E-state index in [2.05, 4.69) is 40.2 Å². The molecule has 2 atom stereocenters. The largest absolute Gasteiger partial charge is 0.341 e. The molecule has 2 aromatic heterocycles. The zero-order chi connectivity index (χ0) is 18.9. The molecule has 5 nitrogen and oxygen atoms in total. The molecular formula is C23H29N5. The molecule has 3 N–H and O–H groups in total. The van der Waals surface area contributed by atoms with Crippen LogP contribution in [-0.2, 0) is 13.0 Å². The Kier molecular flexibility index (Phi) is 4.87. The Labute approximate surface area is 166 Å². The van der Waals surface area contributed by atoms with Gasteiger partial charge < -0.3 is 10.7 Å². The second kappa shape index (κ2) is 7.64. The lowest BCUT2D eigenvalue weighted by Gasteiger charge is -2.40. The summed E-state index contributed by atoms with van der Waals surface area (Å²) in [6.07, 6.45) is 9.17. The SMILES string of the molecule is NCCC(C1CC1)N(Cc1nc2ccccc2[nH]1)C1CCCc2cccnc21. The smallest absolute Gasteiger partial charge is 0.121 e. The number of H-pyrrole nitrogens is 1. The summed E-state index contributed by atoms with van der Waals surface area (Å²) in [6, 6.07) is 13.5. The first-order valence-electron chi connectivity index (χ1n) is 10.7. The number of fused-ring (bicyclic) bond motifs is 2. The van der Waals surface area contributed by atoms with E-state index in [9.17, 15) is 0 Å². The molecule has 3 aromatic rings. The molecule has 2 heterocycles. The van der Waals surface area contributed by atoms with Crippen molar-refractivity contribution < 1.29 is 0 Å². The molecule has 146 valence electrons. The van der Waals surface area contributed by atoms with Crippen LogP contribution in [0.15, 0.2) is 42.6 Å². The van der Waals surface area contributed by atoms with Crippen molar-refractivity contribution in [1.29, 1.82) is 0 Å². The number of aromatic nitrogens is 3. The van der Waals surface area contributed by atoms with Crippen LogP contribution in [0.5, 0.6) is 0 Å². The zero-order valence-corrected chi connectivity index (χ0v) is 16.3. The lowest BCUT2D eigenvalue weighted by Crippen LogP contribution is -2.42. The highest BCUT2D eigenvalue weighted by molar-refractivity contribution is 5.74. The van der Waals surface area contributed by atoms with Crippen molar-refractivity contribution in [3.05, 3.63) is 59.7 Å². The Morgan fingerprint density at radius 3 is 2.86 bits per heavy atom. The third kappa shape index (κ3) is 3.45. The molecule has 1 fully saturated rings. The molecule has 0 aliphatic heterocycles. The van der Waals surface area contributed by atoms with Gasteiger partial charge in [-0.3, -0.25) is 9.88 Å². The van der Waals surface area contributed by atoms with Crippen LogP contribution < -0.4 is 5.73 Å². The molecule has 5 heteroatoms. The van der Waals surface area contributed by atoms with E-state index in [1.807, 2.05) is 12.3 Å². The Morgan fingerprint density at radius 2 is 2.04 bits per heavy atom. The highest BCUT2D eigenvalue weighted by Crippen LogP contribution is 2.43. The number of pyridine rings is 1. The van der Waals surface area contributed by atoms with Gasteiger partial charge >= 0.3 is 0 Å². The van der Waals surface area contributed by atoms with Crippen LogP contribution in [0.2, 0.25) is 0 Å². The number of benzene rings is 1. The minimum Gasteiger partial charge on any atom is -0.341 e. The predicted octanol–water partition coefficient (Wildman–Crippen LogP) is 3.96. The van der Waals surface area contributed by atoms with Gasteiger partial charge in [0.25, 0.3) is 0 Å². The number of hydrogen-bond donors (Lipinski definition) is 2. The van der Waals surface area contributed by atoms with Crippen molar-refractivity contribution in [2.45, 2.75) is 57.2 Å². The Balaban J connectivity index is 1.51. The van der Waals surface area contributed by atoms with Crippen LogP contribution in [0, 0.1) is 5.92 Å². The summed E-state index contributed by atoms with van der Waals surface area (Å²) in [4.78, 5) is 15.9. The molecule has 1 aromatic carbocycles. The minimum absolute atomic E-state index is 0.357. The topological polar surface area (TPSA) is 70.8 Å². The molecule has 5 rings (SSSR count). The minimum atomic E-state index is 0.357. The van der Waals surface area contributed by atoms with Gasteiger partial charge in [-0.15, -0.1) is 0 Å². The number of para-hydroxylation sites is 2. The van der Waals surface area contributed by atoms with Crippen LogP contribution in [-0.4, -0.2) is 32.4 Å². The normalized spacial score (nSPS) is 20.4. The fraction of sp³-hybridized carbons (Fsp3) is 0.478. The number of imidazole rings is 1. The average molecular weight is 376 g/mol. The van der Waals surface area contributed by atoms with Gasteiger partial charge in [0.2, 0.25) is 0 Å². The van der Waals surface area contributed by atoms with E-state index < -0.39 is 0 Å². The van der Waals surface area contributed by atoms with E-state index >= 15 is 0 Å². The maximum atomic E-state index is 6.05. The van der Waals surface area contributed by atoms with E-state index in [0.29, 0.717) is 12.1 Å². The van der Waals surface area contributed by atoms with Crippen LogP contribution in [0.1, 0.15) is 55.2 Å². The molecule has 0 spiro atoms. The Hall–Kier alpha value is -2.24. The molecule has 2 aliphatic carbocycles. The summed E-state index contributed by atoms with van der Waals surface area (Å²) >= 11 is 0. The van der Waals surface area contributed by atoms with Crippen LogP contribution in [0.25, 0.3) is 11.0 Å². The second-order valence-electron chi connectivity index (χ2n) is 8.31. The van der Waals surface area contributed by atoms with E-state index in [1.54, 1.807) is 0 Å². The highest BCUT2D eigenvalue weighted by atomic mass is 15.2. The lowest BCUT2D eigenvalue weighted by atomic mass is 9.89. The summed E-state index contributed by atoms with van der Waals surface area (Å²) in [6.45, 7) is 1.57. The first-order valence-corrected chi connectivity index (χ1v) is 10.7. The van der Waals surface area contributed by atoms with Gasteiger partial charge in [-0.05, 0) is 74.8 Å². The summed E-state index contributed by atoms with van der Waals surface area (Å²) in [7, 11) is 0. The molecule has 0 radical (unpaired) electrons. The van der Waals surface area contributed by atoms with Crippen molar-refractivity contribution in [3.8, 4) is 0 Å². The highest BCUT2D eigenvalue weighted by Gasteiger charge is 2.39. The van der Waals surface area contributed by atoms with Crippen molar-refractivity contribution in [2.75, 3.05) is 6.54 Å². The summed E-state index contributed by atoms with van der Waals surface area (Å²) < 4.78 is 0. The Morgan fingerprint density at radius 1 is 1.14 bits per heavy atom.